The molecule has 0 aromatic heterocycles. The van der Waals surface area contributed by atoms with Gasteiger partial charge in [-0.2, -0.15) is 0 Å². The number of hydrogen-bond acceptors (Lipinski definition) is 6. The van der Waals surface area contributed by atoms with E-state index in [9.17, 15) is 19.5 Å². The molecule has 2 unspecified atom stereocenters. The minimum Gasteiger partial charge on any atom is -0.477 e. The lowest BCUT2D eigenvalue weighted by Crippen LogP contribution is -2.50. The van der Waals surface area contributed by atoms with Crippen molar-refractivity contribution in [3.8, 4) is 0 Å². The molecular weight excluding hydrogens is 691 g/mol. The molecule has 0 amide bonds. The predicted molar refractivity (Wildman–Crippen MR) is 229 cm³/mol. The van der Waals surface area contributed by atoms with Gasteiger partial charge in [0.1, 0.15) is 6.61 Å². The van der Waals surface area contributed by atoms with E-state index in [0.29, 0.717) is 12.8 Å². The summed E-state index contributed by atoms with van der Waals surface area (Å²) in [5.74, 6) is -1.62. The van der Waals surface area contributed by atoms with E-state index in [-0.39, 0.29) is 49.1 Å². The Morgan fingerprint density at radius 1 is 0.564 bits per heavy atom. The average molecular weight is 765 g/mol. The molecule has 8 heteroatoms. The summed E-state index contributed by atoms with van der Waals surface area (Å²) in [7, 11) is 5.47. The lowest BCUT2D eigenvalue weighted by atomic mass is 10.1. The Morgan fingerprint density at radius 2 is 1.09 bits per heavy atom. The van der Waals surface area contributed by atoms with Crippen molar-refractivity contribution >= 4 is 17.9 Å². The molecule has 0 radical (unpaired) electrons. The molecule has 0 aromatic carbocycles. The molecule has 0 rings (SSSR count). The lowest BCUT2D eigenvalue weighted by Gasteiger charge is -2.31. The number of nitrogens with zero attached hydrogens (tertiary/aromatic N) is 1. The normalized spacial score (nSPS) is 14.1. The SMILES string of the molecule is CC/C=C/C=C/C=C/C=C/CCCCCCCC(=O)OC(COCCC(C(=O)O)[N+](C)(C)C)COC(=O)CC/C=C/C/C=C/C/C=C/C/C=C/C/C=C/CC. The number of carboxylic acid groups (broad SMARTS) is 1. The fraction of sp³-hybridized carbons (Fsp3) is 0.553. The average Bonchev–Trinajstić information content (AvgIpc) is 3.14. The minimum absolute atomic E-state index is 0.0200. The number of quaternary nitrogens is 1. The number of carbonyl (C=O) groups is 3. The van der Waals surface area contributed by atoms with Crippen molar-refractivity contribution in [1.82, 2.24) is 0 Å². The maximum Gasteiger partial charge on any atom is 0.362 e. The standard InChI is InChI=1S/C47H73NO7/c1-6-8-10-12-14-16-18-20-22-24-25-27-29-31-33-35-37-45(49)54-42-43(41-53-40-39-44(47(51)52)48(3,4)5)55-46(50)38-36-34-32-30-28-26-23-21-19-17-15-13-11-9-7-2/h8-11,13-17,19-23,25,27,31,33,43-44H,6-7,12,18,24,26,28-30,32,34-42H2,1-5H3/p+1/b10-8+,11-9+,15-13+,16-14+,19-17+,22-20+,23-21+,27-25+,33-31+. The largest absolute Gasteiger partial charge is 0.477 e. The van der Waals surface area contributed by atoms with Crippen LogP contribution in [0.15, 0.2) is 109 Å². The number of likely N-dealkylation sites (N-methyl/N-ethyl adjacent to an activating group) is 1. The number of allylic oxidation sites excluding steroid dienone is 18. The number of esters is 2. The van der Waals surface area contributed by atoms with Crippen molar-refractivity contribution in [1.29, 1.82) is 0 Å². The third-order valence-electron chi connectivity index (χ3n) is 8.28. The highest BCUT2D eigenvalue weighted by Gasteiger charge is 2.31. The van der Waals surface area contributed by atoms with Crippen LogP contribution in [0.4, 0.5) is 0 Å². The van der Waals surface area contributed by atoms with Crippen molar-refractivity contribution < 1.29 is 38.2 Å². The predicted octanol–water partition coefficient (Wildman–Crippen LogP) is 10.9. The summed E-state index contributed by atoms with van der Waals surface area (Å²) in [6, 6.07) is -0.636. The maximum atomic E-state index is 12.7. The summed E-state index contributed by atoms with van der Waals surface area (Å²) in [5.41, 5.74) is 0. The fourth-order valence-electron chi connectivity index (χ4n) is 5.15. The van der Waals surface area contributed by atoms with Gasteiger partial charge in [-0.1, -0.05) is 142 Å². The molecule has 55 heavy (non-hydrogen) atoms. The van der Waals surface area contributed by atoms with E-state index in [1.54, 1.807) is 0 Å². The van der Waals surface area contributed by atoms with E-state index >= 15 is 0 Å². The minimum atomic E-state index is -0.895. The van der Waals surface area contributed by atoms with Crippen LogP contribution in [0.25, 0.3) is 0 Å². The van der Waals surface area contributed by atoms with Crippen molar-refractivity contribution in [2.75, 3.05) is 41.0 Å². The summed E-state index contributed by atoms with van der Waals surface area (Å²) in [6.07, 6.45) is 50.0. The molecule has 0 aliphatic heterocycles. The molecule has 0 heterocycles. The third kappa shape index (κ3) is 35.4. The molecule has 0 aliphatic rings. The highest BCUT2D eigenvalue weighted by molar-refractivity contribution is 5.72. The summed E-state index contributed by atoms with van der Waals surface area (Å²) in [6.45, 7) is 4.34. The van der Waals surface area contributed by atoms with E-state index in [1.165, 1.54) is 0 Å². The zero-order valence-corrected chi connectivity index (χ0v) is 34.8. The Balaban J connectivity index is 4.58. The Labute approximate surface area is 334 Å². The Kier molecular flexibility index (Phi) is 34.2. The summed E-state index contributed by atoms with van der Waals surface area (Å²) >= 11 is 0. The van der Waals surface area contributed by atoms with E-state index in [1.807, 2.05) is 63.7 Å². The molecule has 0 spiro atoms. The van der Waals surface area contributed by atoms with Crippen LogP contribution in [0, 0.1) is 0 Å². The number of unbranched alkanes of at least 4 members (excludes halogenated alkanes) is 5. The second kappa shape index (κ2) is 36.9. The molecule has 0 aliphatic carbocycles. The first-order valence-electron chi connectivity index (χ1n) is 20.5. The van der Waals surface area contributed by atoms with Gasteiger partial charge in [-0.3, -0.25) is 9.59 Å². The van der Waals surface area contributed by atoms with Crippen LogP contribution < -0.4 is 0 Å². The van der Waals surface area contributed by atoms with Gasteiger partial charge in [-0.05, 0) is 64.2 Å². The number of rotatable bonds is 34. The van der Waals surface area contributed by atoms with Crippen LogP contribution in [0.3, 0.4) is 0 Å². The monoisotopic (exact) mass is 765 g/mol. The fourth-order valence-corrected chi connectivity index (χ4v) is 5.15. The second-order valence-corrected chi connectivity index (χ2v) is 14.2. The smallest absolute Gasteiger partial charge is 0.362 e. The highest BCUT2D eigenvalue weighted by Crippen LogP contribution is 2.11. The molecule has 0 saturated carbocycles. The van der Waals surface area contributed by atoms with Crippen LogP contribution in [-0.2, 0) is 28.6 Å². The number of hydrogen-bond donors (Lipinski definition) is 1. The molecular formula is C47H74NO7+. The van der Waals surface area contributed by atoms with Gasteiger partial charge in [0.05, 0.1) is 34.4 Å². The molecule has 0 fully saturated rings. The van der Waals surface area contributed by atoms with Gasteiger partial charge in [0.25, 0.3) is 0 Å². The van der Waals surface area contributed by atoms with Crippen molar-refractivity contribution in [3.05, 3.63) is 109 Å². The maximum absolute atomic E-state index is 12.7. The molecule has 8 nitrogen and oxygen atoms in total. The first kappa shape index (κ1) is 51.0. The molecule has 0 saturated heterocycles. The third-order valence-corrected chi connectivity index (χ3v) is 8.28. The number of carbonyl (C=O) groups excluding carboxylic acids is 2. The summed E-state index contributed by atoms with van der Waals surface area (Å²) in [4.78, 5) is 36.9. The van der Waals surface area contributed by atoms with Gasteiger partial charge < -0.3 is 23.8 Å². The molecule has 2 atom stereocenters. The molecule has 0 bridgehead atoms. The zero-order valence-electron chi connectivity index (χ0n) is 34.8. The summed E-state index contributed by atoms with van der Waals surface area (Å²) < 4.78 is 17.1. The van der Waals surface area contributed by atoms with Gasteiger partial charge in [0, 0.05) is 19.3 Å². The van der Waals surface area contributed by atoms with Gasteiger partial charge in [0.2, 0.25) is 0 Å². The van der Waals surface area contributed by atoms with Crippen LogP contribution in [0.5, 0.6) is 0 Å². The van der Waals surface area contributed by atoms with Gasteiger partial charge in [0.15, 0.2) is 12.1 Å². The van der Waals surface area contributed by atoms with E-state index < -0.39 is 18.1 Å². The van der Waals surface area contributed by atoms with E-state index in [0.717, 1.165) is 77.0 Å². The van der Waals surface area contributed by atoms with Crippen LogP contribution in [0.1, 0.15) is 117 Å². The molecule has 0 aromatic rings. The first-order valence-corrected chi connectivity index (χ1v) is 20.5. The van der Waals surface area contributed by atoms with Crippen LogP contribution in [0.2, 0.25) is 0 Å². The second-order valence-electron chi connectivity index (χ2n) is 14.2. The van der Waals surface area contributed by atoms with Gasteiger partial charge in [-0.25, -0.2) is 4.79 Å². The summed E-state index contributed by atoms with van der Waals surface area (Å²) in [5, 5.41) is 9.60. The number of carboxylic acids is 1. The molecule has 1 N–H and O–H groups in total. The van der Waals surface area contributed by atoms with Crippen molar-refractivity contribution in [2.24, 2.45) is 0 Å². The Hall–Kier alpha value is -4.01. The Morgan fingerprint density at radius 3 is 1.67 bits per heavy atom. The van der Waals surface area contributed by atoms with Crippen molar-refractivity contribution in [3.63, 3.8) is 0 Å². The van der Waals surface area contributed by atoms with Crippen molar-refractivity contribution in [2.45, 2.75) is 129 Å². The van der Waals surface area contributed by atoms with Crippen LogP contribution in [-0.4, -0.2) is 80.6 Å². The number of aliphatic carboxylic acids is 1. The van der Waals surface area contributed by atoms with E-state index in [4.69, 9.17) is 14.2 Å². The first-order chi connectivity index (χ1) is 26.6. The Bertz CT molecular complexity index is 1260. The quantitative estimate of drug-likeness (QED) is 0.0229. The zero-order chi connectivity index (χ0) is 40.7. The van der Waals surface area contributed by atoms with E-state index in [2.05, 4.69) is 80.7 Å². The number of ether oxygens (including phenoxy) is 3. The molecule has 308 valence electrons. The topological polar surface area (TPSA) is 99.1 Å². The van der Waals surface area contributed by atoms with Gasteiger partial charge in [-0.15, -0.1) is 0 Å². The van der Waals surface area contributed by atoms with Gasteiger partial charge >= 0.3 is 17.9 Å². The van der Waals surface area contributed by atoms with Crippen LogP contribution >= 0.6 is 0 Å². The lowest BCUT2D eigenvalue weighted by molar-refractivity contribution is -0.887. The highest BCUT2D eigenvalue weighted by atomic mass is 16.6.